The van der Waals surface area contributed by atoms with Crippen LogP contribution in [0.25, 0.3) is 0 Å². The monoisotopic (exact) mass is 262 g/mol. The van der Waals surface area contributed by atoms with Crippen molar-refractivity contribution in [3.63, 3.8) is 0 Å². The Hall–Kier alpha value is -1.62. The van der Waals surface area contributed by atoms with Gasteiger partial charge in [-0.25, -0.2) is 4.98 Å². The molecule has 0 bridgehead atoms. The summed E-state index contributed by atoms with van der Waals surface area (Å²) in [5, 5.41) is 2.73. The van der Waals surface area contributed by atoms with Crippen LogP contribution in [-0.4, -0.2) is 31.0 Å². The van der Waals surface area contributed by atoms with Gasteiger partial charge < -0.3 is 16.0 Å². The smallest absolute Gasteiger partial charge is 0.224 e. The molecule has 5 nitrogen and oxygen atoms in total. The molecule has 1 saturated heterocycles. The molecule has 2 atom stereocenters. The molecule has 2 heterocycles. The summed E-state index contributed by atoms with van der Waals surface area (Å²) in [5.74, 6) is 1.11. The van der Waals surface area contributed by atoms with Crippen LogP contribution in [0.2, 0.25) is 0 Å². The molecule has 2 rings (SSSR count). The summed E-state index contributed by atoms with van der Waals surface area (Å²) in [6.07, 6.45) is 3.80. The molecule has 3 N–H and O–H groups in total. The lowest BCUT2D eigenvalue weighted by Crippen LogP contribution is -2.42. The largest absolute Gasteiger partial charge is 0.359 e. The summed E-state index contributed by atoms with van der Waals surface area (Å²) >= 11 is 0. The van der Waals surface area contributed by atoms with Gasteiger partial charge in [0.2, 0.25) is 5.91 Å². The third-order valence-electron chi connectivity index (χ3n) is 3.66. The molecule has 2 unspecified atom stereocenters. The van der Waals surface area contributed by atoms with Gasteiger partial charge in [-0.05, 0) is 31.4 Å². The molecule has 5 heteroatoms. The van der Waals surface area contributed by atoms with Crippen molar-refractivity contribution in [2.45, 2.75) is 25.8 Å². The third-order valence-corrected chi connectivity index (χ3v) is 3.66. The van der Waals surface area contributed by atoms with Crippen LogP contribution >= 0.6 is 0 Å². The zero-order valence-electron chi connectivity index (χ0n) is 11.6. The molecule has 104 valence electrons. The zero-order valence-corrected chi connectivity index (χ0v) is 11.6. The molecule has 19 heavy (non-hydrogen) atoms. The minimum absolute atomic E-state index is 0.00141. The normalized spacial score (nSPS) is 21.0. The highest BCUT2D eigenvalue weighted by Gasteiger charge is 2.25. The Labute approximate surface area is 114 Å². The maximum atomic E-state index is 11.7. The molecule has 1 amide bonds. The lowest BCUT2D eigenvalue weighted by molar-refractivity contribution is -0.124. The molecule has 1 aromatic rings. The first-order valence-corrected chi connectivity index (χ1v) is 6.80. The molecule has 1 aliphatic heterocycles. The van der Waals surface area contributed by atoms with Crippen molar-refractivity contribution >= 4 is 11.7 Å². The van der Waals surface area contributed by atoms with Crippen molar-refractivity contribution in [3.8, 4) is 0 Å². The maximum absolute atomic E-state index is 11.7. The molecule has 1 aromatic heterocycles. The van der Waals surface area contributed by atoms with Crippen LogP contribution in [0.5, 0.6) is 0 Å². The highest BCUT2D eigenvalue weighted by atomic mass is 16.1. The average Bonchev–Trinajstić information content (AvgIpc) is 2.46. The van der Waals surface area contributed by atoms with E-state index < -0.39 is 0 Å². The average molecular weight is 262 g/mol. The topological polar surface area (TPSA) is 71.2 Å². The third kappa shape index (κ3) is 3.23. The fourth-order valence-electron chi connectivity index (χ4n) is 2.46. The van der Waals surface area contributed by atoms with Crippen molar-refractivity contribution in [1.29, 1.82) is 0 Å². The van der Waals surface area contributed by atoms with E-state index in [0.717, 1.165) is 37.3 Å². The van der Waals surface area contributed by atoms with E-state index in [-0.39, 0.29) is 17.9 Å². The van der Waals surface area contributed by atoms with Crippen LogP contribution < -0.4 is 16.0 Å². The minimum atomic E-state index is 0.00141. The standard InChI is InChI=1S/C14H22N4O/c1-10(15)11-5-6-13(17-8-11)18-7-3-4-12(9-18)14(19)16-2/h5-6,8,10,12H,3-4,7,9,15H2,1-2H3,(H,16,19). The molecular weight excluding hydrogens is 240 g/mol. The van der Waals surface area contributed by atoms with E-state index in [1.165, 1.54) is 0 Å². The Bertz CT molecular complexity index is 430. The summed E-state index contributed by atoms with van der Waals surface area (Å²) < 4.78 is 0. The second kappa shape index (κ2) is 6.02. The summed E-state index contributed by atoms with van der Waals surface area (Å²) in [4.78, 5) is 18.3. The number of anilines is 1. The Morgan fingerprint density at radius 3 is 2.95 bits per heavy atom. The number of amides is 1. The van der Waals surface area contributed by atoms with Crippen LogP contribution in [0.15, 0.2) is 18.3 Å². The van der Waals surface area contributed by atoms with Crippen molar-refractivity contribution in [2.24, 2.45) is 11.7 Å². The molecular formula is C14H22N4O. The molecule has 1 aliphatic rings. The maximum Gasteiger partial charge on any atom is 0.224 e. The van der Waals surface area contributed by atoms with Gasteiger partial charge in [-0.1, -0.05) is 6.07 Å². The Morgan fingerprint density at radius 1 is 1.58 bits per heavy atom. The van der Waals surface area contributed by atoms with Crippen molar-refractivity contribution in [3.05, 3.63) is 23.9 Å². The van der Waals surface area contributed by atoms with Gasteiger partial charge in [0.05, 0.1) is 5.92 Å². The van der Waals surface area contributed by atoms with Crippen LogP contribution in [0, 0.1) is 5.92 Å². The molecule has 0 spiro atoms. The lowest BCUT2D eigenvalue weighted by Gasteiger charge is -2.32. The number of carbonyl (C=O) groups is 1. The van der Waals surface area contributed by atoms with E-state index >= 15 is 0 Å². The summed E-state index contributed by atoms with van der Waals surface area (Å²) in [6, 6.07) is 4.00. The number of nitrogens with one attached hydrogen (secondary N) is 1. The number of rotatable bonds is 3. The van der Waals surface area contributed by atoms with Gasteiger partial charge in [0, 0.05) is 32.4 Å². The highest BCUT2D eigenvalue weighted by Crippen LogP contribution is 2.22. The van der Waals surface area contributed by atoms with E-state index in [4.69, 9.17) is 5.73 Å². The fraction of sp³-hybridized carbons (Fsp3) is 0.571. The van der Waals surface area contributed by atoms with Gasteiger partial charge in [0.25, 0.3) is 0 Å². The van der Waals surface area contributed by atoms with Crippen molar-refractivity contribution in [2.75, 3.05) is 25.0 Å². The van der Waals surface area contributed by atoms with Gasteiger partial charge in [-0.3, -0.25) is 4.79 Å². The second-order valence-electron chi connectivity index (χ2n) is 5.14. The molecule has 1 fully saturated rings. The fourth-order valence-corrected chi connectivity index (χ4v) is 2.46. The SMILES string of the molecule is CNC(=O)C1CCCN(c2ccc(C(C)N)cn2)C1. The van der Waals surface area contributed by atoms with E-state index in [1.54, 1.807) is 7.05 Å². The summed E-state index contributed by atoms with van der Waals surface area (Å²) in [5.41, 5.74) is 6.85. The summed E-state index contributed by atoms with van der Waals surface area (Å²) in [7, 11) is 1.69. The number of aromatic nitrogens is 1. The van der Waals surface area contributed by atoms with Gasteiger partial charge >= 0.3 is 0 Å². The minimum Gasteiger partial charge on any atom is -0.359 e. The Morgan fingerprint density at radius 2 is 2.37 bits per heavy atom. The first kappa shape index (κ1) is 13.8. The lowest BCUT2D eigenvalue weighted by atomic mass is 9.97. The summed E-state index contributed by atoms with van der Waals surface area (Å²) in [6.45, 7) is 3.64. The number of hydrogen-bond donors (Lipinski definition) is 2. The quantitative estimate of drug-likeness (QED) is 0.854. The Kier molecular flexibility index (Phi) is 4.37. The van der Waals surface area contributed by atoms with Crippen LogP contribution in [0.1, 0.15) is 31.4 Å². The van der Waals surface area contributed by atoms with E-state index in [0.29, 0.717) is 0 Å². The van der Waals surface area contributed by atoms with Gasteiger partial charge in [0.1, 0.15) is 5.82 Å². The number of hydrogen-bond acceptors (Lipinski definition) is 4. The number of nitrogens with two attached hydrogens (primary N) is 1. The highest BCUT2D eigenvalue weighted by molar-refractivity contribution is 5.79. The number of pyridine rings is 1. The first-order valence-electron chi connectivity index (χ1n) is 6.80. The van der Waals surface area contributed by atoms with Crippen molar-refractivity contribution in [1.82, 2.24) is 10.3 Å². The van der Waals surface area contributed by atoms with E-state index in [1.807, 2.05) is 25.3 Å². The molecule has 0 aromatic carbocycles. The number of piperidine rings is 1. The number of carbonyl (C=O) groups excluding carboxylic acids is 1. The van der Waals surface area contributed by atoms with E-state index in [2.05, 4.69) is 15.2 Å². The van der Waals surface area contributed by atoms with Crippen LogP contribution in [0.3, 0.4) is 0 Å². The molecule has 0 radical (unpaired) electrons. The van der Waals surface area contributed by atoms with Gasteiger partial charge in [-0.2, -0.15) is 0 Å². The second-order valence-corrected chi connectivity index (χ2v) is 5.14. The Balaban J connectivity index is 2.06. The van der Waals surface area contributed by atoms with Crippen molar-refractivity contribution < 1.29 is 4.79 Å². The number of nitrogens with zero attached hydrogens (tertiary/aromatic N) is 2. The van der Waals surface area contributed by atoms with E-state index in [9.17, 15) is 4.79 Å². The first-order chi connectivity index (χ1) is 9.11. The molecule has 0 aliphatic carbocycles. The zero-order chi connectivity index (χ0) is 13.8. The predicted molar refractivity (Wildman–Crippen MR) is 75.8 cm³/mol. The predicted octanol–water partition coefficient (Wildman–Crippen LogP) is 1.06. The van der Waals surface area contributed by atoms with Crippen LogP contribution in [-0.2, 0) is 4.79 Å². The van der Waals surface area contributed by atoms with Gasteiger partial charge in [0.15, 0.2) is 0 Å². The van der Waals surface area contributed by atoms with Gasteiger partial charge in [-0.15, -0.1) is 0 Å². The van der Waals surface area contributed by atoms with Crippen LogP contribution in [0.4, 0.5) is 5.82 Å². The molecule has 0 saturated carbocycles.